The molecule has 110 valence electrons. The Bertz CT molecular complexity index is 507. The smallest absolute Gasteiger partial charge is 0.383 e. The molecule has 0 aliphatic heterocycles. The van der Waals surface area contributed by atoms with Gasteiger partial charge in [0.05, 0.1) is 12.1 Å². The monoisotopic (exact) mass is 301 g/mol. The number of halogens is 1. The SMILES string of the molecule is CCC(c1cc(C)ccc1NCCCl)([N+](=O)[O-])[N+](=O)[O-]. The van der Waals surface area contributed by atoms with Crippen LogP contribution in [0.2, 0.25) is 0 Å². The van der Waals surface area contributed by atoms with Gasteiger partial charge in [0.1, 0.15) is 15.4 Å². The highest BCUT2D eigenvalue weighted by atomic mass is 35.5. The van der Waals surface area contributed by atoms with Gasteiger partial charge in [-0.15, -0.1) is 11.6 Å². The minimum atomic E-state index is -2.35. The van der Waals surface area contributed by atoms with Crippen molar-refractivity contribution in [2.45, 2.75) is 25.9 Å². The van der Waals surface area contributed by atoms with Crippen LogP contribution in [0.4, 0.5) is 5.69 Å². The van der Waals surface area contributed by atoms with Crippen LogP contribution in [0.3, 0.4) is 0 Å². The van der Waals surface area contributed by atoms with Crippen molar-refractivity contribution in [2.75, 3.05) is 17.7 Å². The van der Waals surface area contributed by atoms with E-state index < -0.39 is 15.5 Å². The van der Waals surface area contributed by atoms with E-state index in [9.17, 15) is 20.2 Å². The van der Waals surface area contributed by atoms with Crippen LogP contribution >= 0.6 is 11.6 Å². The molecule has 0 aromatic heterocycles. The lowest BCUT2D eigenvalue weighted by atomic mass is 9.94. The summed E-state index contributed by atoms with van der Waals surface area (Å²) >= 11 is 5.58. The Balaban J connectivity index is 3.49. The van der Waals surface area contributed by atoms with Crippen LogP contribution in [0, 0.1) is 27.2 Å². The van der Waals surface area contributed by atoms with Gasteiger partial charge in [0.2, 0.25) is 0 Å². The Kier molecular flexibility index (Phi) is 5.26. The molecule has 1 aromatic carbocycles. The minimum absolute atomic E-state index is 0.0557. The predicted octanol–water partition coefficient (Wildman–Crippen LogP) is 2.76. The van der Waals surface area contributed by atoms with Gasteiger partial charge in [-0.2, -0.15) is 0 Å². The number of anilines is 1. The van der Waals surface area contributed by atoms with E-state index in [4.69, 9.17) is 11.6 Å². The van der Waals surface area contributed by atoms with Gasteiger partial charge in [-0.05, 0) is 19.1 Å². The lowest BCUT2D eigenvalue weighted by molar-refractivity contribution is -0.810. The molecule has 8 heteroatoms. The number of alkyl halides is 1. The van der Waals surface area contributed by atoms with E-state index in [1.807, 2.05) is 0 Å². The van der Waals surface area contributed by atoms with Crippen molar-refractivity contribution in [1.29, 1.82) is 0 Å². The number of nitro groups is 2. The summed E-state index contributed by atoms with van der Waals surface area (Å²) in [5.41, 5.74) is -1.20. The number of hydrogen-bond donors (Lipinski definition) is 1. The number of aryl methyl sites for hydroxylation is 1. The fraction of sp³-hybridized carbons (Fsp3) is 0.500. The highest BCUT2D eigenvalue weighted by molar-refractivity contribution is 6.18. The zero-order chi connectivity index (χ0) is 15.3. The molecule has 20 heavy (non-hydrogen) atoms. The number of benzene rings is 1. The molecule has 0 atom stereocenters. The van der Waals surface area contributed by atoms with Gasteiger partial charge in [0.15, 0.2) is 0 Å². The van der Waals surface area contributed by atoms with E-state index in [1.54, 1.807) is 19.1 Å². The second-order valence-electron chi connectivity index (χ2n) is 4.35. The zero-order valence-corrected chi connectivity index (χ0v) is 12.0. The number of nitrogens with zero attached hydrogens (tertiary/aromatic N) is 2. The fourth-order valence-electron chi connectivity index (χ4n) is 2.04. The molecule has 1 rings (SSSR count). The molecule has 7 nitrogen and oxygen atoms in total. The summed E-state index contributed by atoms with van der Waals surface area (Å²) in [5, 5.41) is 25.6. The maximum absolute atomic E-state index is 11.3. The van der Waals surface area contributed by atoms with Crippen molar-refractivity contribution >= 4 is 17.3 Å². The van der Waals surface area contributed by atoms with Crippen molar-refractivity contribution in [3.8, 4) is 0 Å². The molecule has 1 aromatic rings. The zero-order valence-electron chi connectivity index (χ0n) is 11.3. The van der Waals surface area contributed by atoms with E-state index in [0.717, 1.165) is 5.56 Å². The molecule has 0 saturated heterocycles. The first-order valence-corrected chi connectivity index (χ1v) is 6.63. The molecule has 1 N–H and O–H groups in total. The molecule has 0 heterocycles. The van der Waals surface area contributed by atoms with Gasteiger partial charge in [0.25, 0.3) is 0 Å². The van der Waals surface area contributed by atoms with Crippen LogP contribution in [0.15, 0.2) is 18.2 Å². The summed E-state index contributed by atoms with van der Waals surface area (Å²) in [6.07, 6.45) is -0.244. The first-order valence-electron chi connectivity index (χ1n) is 6.10. The first kappa shape index (κ1) is 16.2. The second-order valence-corrected chi connectivity index (χ2v) is 4.73. The van der Waals surface area contributed by atoms with E-state index in [1.165, 1.54) is 13.0 Å². The maximum Gasteiger partial charge on any atom is 0.486 e. The van der Waals surface area contributed by atoms with Gasteiger partial charge in [0, 0.05) is 12.4 Å². The topological polar surface area (TPSA) is 98.3 Å². The van der Waals surface area contributed by atoms with Crippen molar-refractivity contribution in [3.63, 3.8) is 0 Å². The van der Waals surface area contributed by atoms with Crippen LogP contribution in [0.1, 0.15) is 24.5 Å². The third-order valence-corrected chi connectivity index (χ3v) is 3.30. The number of hydrogen-bond acceptors (Lipinski definition) is 5. The number of rotatable bonds is 7. The molecule has 0 radical (unpaired) electrons. The van der Waals surface area contributed by atoms with Crippen molar-refractivity contribution in [1.82, 2.24) is 0 Å². The summed E-state index contributed by atoms with van der Waals surface area (Å²) in [6, 6.07) is 4.82. The summed E-state index contributed by atoms with van der Waals surface area (Å²) < 4.78 is 0. The highest BCUT2D eigenvalue weighted by Gasteiger charge is 2.57. The molecule has 0 unspecified atom stereocenters. The largest absolute Gasteiger partial charge is 0.486 e. The van der Waals surface area contributed by atoms with Crippen LogP contribution in [-0.2, 0) is 5.66 Å². The Morgan fingerprint density at radius 2 is 1.90 bits per heavy atom. The van der Waals surface area contributed by atoms with Crippen LogP contribution in [-0.4, -0.2) is 22.3 Å². The maximum atomic E-state index is 11.3. The van der Waals surface area contributed by atoms with E-state index >= 15 is 0 Å². The van der Waals surface area contributed by atoms with Gasteiger partial charge in [-0.25, -0.2) is 0 Å². The molecular formula is C12H16ClN3O4. The quantitative estimate of drug-likeness (QED) is 0.361. The van der Waals surface area contributed by atoms with Crippen molar-refractivity contribution < 1.29 is 9.85 Å². The molecule has 0 spiro atoms. The molecular weight excluding hydrogens is 286 g/mol. The van der Waals surface area contributed by atoms with E-state index in [0.29, 0.717) is 18.1 Å². The summed E-state index contributed by atoms with van der Waals surface area (Å²) in [4.78, 5) is 21.0. The van der Waals surface area contributed by atoms with Gasteiger partial charge >= 0.3 is 5.66 Å². The Hall–Kier alpha value is -1.89. The van der Waals surface area contributed by atoms with Gasteiger partial charge in [-0.3, -0.25) is 20.2 Å². The molecule has 0 bridgehead atoms. The van der Waals surface area contributed by atoms with Gasteiger partial charge in [-0.1, -0.05) is 18.6 Å². The standard InChI is InChI=1S/C12H16ClN3O4/c1-3-12(15(17)18,16(19)20)10-8-9(2)4-5-11(10)14-7-6-13/h4-5,8,14H,3,6-7H2,1-2H3. The number of nitrogens with one attached hydrogen (secondary N) is 1. The fourth-order valence-corrected chi connectivity index (χ4v) is 2.13. The highest BCUT2D eigenvalue weighted by Crippen LogP contribution is 2.35. The third kappa shape index (κ3) is 2.82. The average molecular weight is 302 g/mol. The Morgan fingerprint density at radius 3 is 2.35 bits per heavy atom. The van der Waals surface area contributed by atoms with Crippen LogP contribution in [0.25, 0.3) is 0 Å². The van der Waals surface area contributed by atoms with Crippen molar-refractivity contribution in [2.24, 2.45) is 0 Å². The molecule has 0 fully saturated rings. The summed E-state index contributed by atoms with van der Waals surface area (Å²) in [5.74, 6) is 0.295. The first-order chi connectivity index (χ1) is 9.40. The second kappa shape index (κ2) is 6.51. The van der Waals surface area contributed by atoms with E-state index in [2.05, 4.69) is 5.32 Å². The minimum Gasteiger partial charge on any atom is -0.383 e. The van der Waals surface area contributed by atoms with E-state index in [-0.39, 0.29) is 12.0 Å². The molecule has 0 aliphatic carbocycles. The molecule has 0 amide bonds. The Morgan fingerprint density at radius 1 is 1.30 bits per heavy atom. The molecule has 0 saturated carbocycles. The normalized spacial score (nSPS) is 11.2. The third-order valence-electron chi connectivity index (χ3n) is 3.11. The lowest BCUT2D eigenvalue weighted by Gasteiger charge is -2.20. The summed E-state index contributed by atoms with van der Waals surface area (Å²) in [7, 11) is 0. The summed E-state index contributed by atoms with van der Waals surface area (Å²) in [6.45, 7) is 3.53. The van der Waals surface area contributed by atoms with Crippen LogP contribution < -0.4 is 5.32 Å². The predicted molar refractivity (Wildman–Crippen MR) is 76.3 cm³/mol. The van der Waals surface area contributed by atoms with Crippen LogP contribution in [0.5, 0.6) is 0 Å². The van der Waals surface area contributed by atoms with Crippen molar-refractivity contribution in [3.05, 3.63) is 49.6 Å². The molecule has 0 aliphatic rings. The average Bonchev–Trinajstić information content (AvgIpc) is 2.38. The Labute approximate surface area is 121 Å². The lowest BCUT2D eigenvalue weighted by Crippen LogP contribution is -2.43. The van der Waals surface area contributed by atoms with Gasteiger partial charge < -0.3 is 5.32 Å².